The number of ether oxygens (including phenoxy) is 1. The first-order chi connectivity index (χ1) is 11.8. The minimum Gasteiger partial charge on any atom is -0.494 e. The van der Waals surface area contributed by atoms with Crippen LogP contribution in [0.15, 0.2) is 54.0 Å². The van der Waals surface area contributed by atoms with E-state index in [9.17, 15) is 0 Å². The number of rotatable bonds is 5. The van der Waals surface area contributed by atoms with Crippen molar-refractivity contribution in [2.45, 2.75) is 13.5 Å². The number of nitrogens with one attached hydrogen (secondary N) is 1. The Bertz CT molecular complexity index is 996. The third-order valence-electron chi connectivity index (χ3n) is 3.83. The topological polar surface area (TPSA) is 47.0 Å². The molecule has 0 amide bonds. The highest BCUT2D eigenvalue weighted by Crippen LogP contribution is 2.23. The maximum Gasteiger partial charge on any atom is 0.120 e. The largest absolute Gasteiger partial charge is 0.494 e. The first-order valence-corrected chi connectivity index (χ1v) is 8.79. The first kappa shape index (κ1) is 14.9. The van der Waals surface area contributed by atoms with Crippen LogP contribution in [0, 0.1) is 0 Å². The molecule has 2 aromatic heterocycles. The molecule has 0 saturated carbocycles. The minimum atomic E-state index is 0.672. The monoisotopic (exact) mass is 335 g/mol. The zero-order valence-electron chi connectivity index (χ0n) is 13.3. The van der Waals surface area contributed by atoms with Gasteiger partial charge in [-0.2, -0.15) is 0 Å². The van der Waals surface area contributed by atoms with Crippen molar-refractivity contribution in [2.75, 3.05) is 11.9 Å². The van der Waals surface area contributed by atoms with Crippen molar-refractivity contribution in [3.05, 3.63) is 59.7 Å². The second kappa shape index (κ2) is 6.45. The van der Waals surface area contributed by atoms with Crippen LogP contribution in [-0.2, 0) is 6.54 Å². The zero-order chi connectivity index (χ0) is 16.4. The third-order valence-corrected chi connectivity index (χ3v) is 4.63. The van der Waals surface area contributed by atoms with Crippen LogP contribution >= 0.6 is 11.3 Å². The summed E-state index contributed by atoms with van der Waals surface area (Å²) < 4.78 is 6.72. The molecular weight excluding hydrogens is 318 g/mol. The fourth-order valence-corrected chi connectivity index (χ4v) is 3.37. The second-order valence-electron chi connectivity index (χ2n) is 5.48. The highest BCUT2D eigenvalue weighted by Gasteiger charge is 2.02. The summed E-state index contributed by atoms with van der Waals surface area (Å²) in [5, 5.41) is 4.52. The molecule has 0 aliphatic carbocycles. The van der Waals surface area contributed by atoms with E-state index in [0.29, 0.717) is 13.2 Å². The number of benzene rings is 2. The number of hydrogen-bond acceptors (Lipinski definition) is 5. The van der Waals surface area contributed by atoms with Crippen LogP contribution in [0.25, 0.3) is 21.1 Å². The Balaban J connectivity index is 1.52. The molecule has 0 radical (unpaired) electrons. The molecule has 0 unspecified atom stereocenters. The number of anilines is 1. The van der Waals surface area contributed by atoms with E-state index in [2.05, 4.69) is 34.6 Å². The van der Waals surface area contributed by atoms with Gasteiger partial charge < -0.3 is 10.1 Å². The van der Waals surface area contributed by atoms with Gasteiger partial charge in [0.15, 0.2) is 0 Å². The Kier molecular flexibility index (Phi) is 4.01. The molecule has 24 heavy (non-hydrogen) atoms. The fraction of sp³-hybridized carbons (Fsp3) is 0.158. The molecule has 0 saturated heterocycles. The normalized spacial score (nSPS) is 11.0. The van der Waals surface area contributed by atoms with Crippen molar-refractivity contribution in [3.8, 4) is 5.75 Å². The van der Waals surface area contributed by atoms with E-state index in [-0.39, 0.29) is 0 Å². The highest BCUT2D eigenvalue weighted by atomic mass is 32.1. The number of fused-ring (bicyclic) bond motifs is 2. The van der Waals surface area contributed by atoms with Crippen molar-refractivity contribution in [1.29, 1.82) is 0 Å². The van der Waals surface area contributed by atoms with Crippen molar-refractivity contribution in [3.63, 3.8) is 0 Å². The summed E-state index contributed by atoms with van der Waals surface area (Å²) in [5.41, 5.74) is 5.99. The van der Waals surface area contributed by atoms with Crippen LogP contribution in [0.3, 0.4) is 0 Å². The number of nitrogens with zero attached hydrogens (tertiary/aromatic N) is 2. The summed E-state index contributed by atoms with van der Waals surface area (Å²) in [6.45, 7) is 3.35. The standard InChI is InChI=1S/C19H17N3OS/c1-2-23-16-6-8-17-13(9-16)3-4-15(22-17)11-20-14-5-7-18-19(10-14)24-12-21-18/h3-10,12,20H,2,11H2,1H3. The molecule has 120 valence electrons. The molecule has 2 aromatic carbocycles. The number of aromatic nitrogens is 2. The quantitative estimate of drug-likeness (QED) is 0.566. The molecule has 4 rings (SSSR count). The summed E-state index contributed by atoms with van der Waals surface area (Å²) in [4.78, 5) is 9.02. The Morgan fingerprint density at radius 3 is 2.88 bits per heavy atom. The molecule has 0 bridgehead atoms. The molecular formula is C19H17N3OS. The molecule has 0 aliphatic heterocycles. The number of hydrogen-bond donors (Lipinski definition) is 1. The van der Waals surface area contributed by atoms with Gasteiger partial charge in [-0.3, -0.25) is 4.98 Å². The van der Waals surface area contributed by atoms with Gasteiger partial charge in [0, 0.05) is 11.1 Å². The smallest absolute Gasteiger partial charge is 0.120 e. The van der Waals surface area contributed by atoms with E-state index >= 15 is 0 Å². The molecule has 2 heterocycles. The van der Waals surface area contributed by atoms with E-state index in [0.717, 1.165) is 33.6 Å². The van der Waals surface area contributed by atoms with Gasteiger partial charge >= 0.3 is 0 Å². The predicted octanol–water partition coefficient (Wildman–Crippen LogP) is 4.86. The summed E-state index contributed by atoms with van der Waals surface area (Å²) in [7, 11) is 0. The van der Waals surface area contributed by atoms with Gasteiger partial charge in [0.05, 0.1) is 40.1 Å². The average Bonchev–Trinajstić information content (AvgIpc) is 3.08. The van der Waals surface area contributed by atoms with E-state index in [4.69, 9.17) is 9.72 Å². The van der Waals surface area contributed by atoms with Crippen molar-refractivity contribution in [2.24, 2.45) is 0 Å². The van der Waals surface area contributed by atoms with E-state index < -0.39 is 0 Å². The number of thiazole rings is 1. The van der Waals surface area contributed by atoms with Gasteiger partial charge in [0.2, 0.25) is 0 Å². The lowest BCUT2D eigenvalue weighted by atomic mass is 10.2. The van der Waals surface area contributed by atoms with Crippen LogP contribution in [0.2, 0.25) is 0 Å². The van der Waals surface area contributed by atoms with Crippen LogP contribution < -0.4 is 10.1 Å². The van der Waals surface area contributed by atoms with Crippen LogP contribution in [-0.4, -0.2) is 16.6 Å². The lowest BCUT2D eigenvalue weighted by Crippen LogP contribution is -2.01. The molecule has 4 aromatic rings. The molecule has 0 fully saturated rings. The van der Waals surface area contributed by atoms with Crippen LogP contribution in [0.1, 0.15) is 12.6 Å². The molecule has 0 aliphatic rings. The summed E-state index contributed by atoms with van der Waals surface area (Å²) in [6.07, 6.45) is 0. The molecule has 5 heteroatoms. The minimum absolute atomic E-state index is 0.672. The van der Waals surface area contributed by atoms with Crippen LogP contribution in [0.5, 0.6) is 5.75 Å². The van der Waals surface area contributed by atoms with Gasteiger partial charge in [-0.05, 0) is 49.4 Å². The summed E-state index contributed by atoms with van der Waals surface area (Å²) in [6, 6.07) is 16.4. The van der Waals surface area contributed by atoms with Gasteiger partial charge in [0.1, 0.15) is 5.75 Å². The van der Waals surface area contributed by atoms with E-state index in [1.54, 1.807) is 11.3 Å². The number of pyridine rings is 1. The third kappa shape index (κ3) is 3.03. The SMILES string of the molecule is CCOc1ccc2nc(CNc3ccc4ncsc4c3)ccc2c1. The highest BCUT2D eigenvalue weighted by molar-refractivity contribution is 7.16. The maximum absolute atomic E-state index is 5.53. The maximum atomic E-state index is 5.53. The Labute approximate surface area is 144 Å². The van der Waals surface area contributed by atoms with Gasteiger partial charge in [-0.1, -0.05) is 6.07 Å². The predicted molar refractivity (Wildman–Crippen MR) is 99.9 cm³/mol. The molecule has 0 atom stereocenters. The van der Waals surface area contributed by atoms with Gasteiger partial charge in [-0.15, -0.1) is 11.3 Å². The summed E-state index contributed by atoms with van der Waals surface area (Å²) in [5.74, 6) is 0.885. The van der Waals surface area contributed by atoms with Gasteiger partial charge in [0.25, 0.3) is 0 Å². The Morgan fingerprint density at radius 1 is 1.04 bits per heavy atom. The zero-order valence-corrected chi connectivity index (χ0v) is 14.1. The summed E-state index contributed by atoms with van der Waals surface area (Å²) >= 11 is 1.65. The molecule has 1 N–H and O–H groups in total. The first-order valence-electron chi connectivity index (χ1n) is 7.91. The van der Waals surface area contributed by atoms with E-state index in [1.165, 1.54) is 4.70 Å². The lowest BCUT2D eigenvalue weighted by molar-refractivity contribution is 0.340. The van der Waals surface area contributed by atoms with Gasteiger partial charge in [-0.25, -0.2) is 4.98 Å². The van der Waals surface area contributed by atoms with Crippen molar-refractivity contribution >= 4 is 38.1 Å². The Morgan fingerprint density at radius 2 is 1.96 bits per heavy atom. The fourth-order valence-electron chi connectivity index (χ4n) is 2.66. The second-order valence-corrected chi connectivity index (χ2v) is 6.36. The Hall–Kier alpha value is -2.66. The van der Waals surface area contributed by atoms with E-state index in [1.807, 2.05) is 36.7 Å². The van der Waals surface area contributed by atoms with Crippen molar-refractivity contribution < 1.29 is 4.74 Å². The molecule has 4 nitrogen and oxygen atoms in total. The van der Waals surface area contributed by atoms with Crippen molar-refractivity contribution in [1.82, 2.24) is 9.97 Å². The average molecular weight is 335 g/mol. The molecule has 0 spiro atoms. The lowest BCUT2D eigenvalue weighted by Gasteiger charge is -2.08. The van der Waals surface area contributed by atoms with Crippen LogP contribution in [0.4, 0.5) is 5.69 Å².